The Morgan fingerprint density at radius 3 is 2.32 bits per heavy atom. The van der Waals surface area contributed by atoms with Crippen LogP contribution in [0.5, 0.6) is 5.75 Å². The van der Waals surface area contributed by atoms with Crippen molar-refractivity contribution in [1.82, 2.24) is 9.71 Å². The van der Waals surface area contributed by atoms with Crippen LogP contribution < -0.4 is 15.1 Å². The lowest BCUT2D eigenvalue weighted by Gasteiger charge is -2.19. The van der Waals surface area contributed by atoms with Crippen molar-refractivity contribution in [2.75, 3.05) is 0 Å². The molecule has 6 aromatic rings. The number of ether oxygens (including phenoxy) is 1. The summed E-state index contributed by atoms with van der Waals surface area (Å²) in [6.07, 6.45) is 1.80. The van der Waals surface area contributed by atoms with Gasteiger partial charge in [-0.3, -0.25) is 0 Å². The van der Waals surface area contributed by atoms with Gasteiger partial charge in [0.1, 0.15) is 17.4 Å². The van der Waals surface area contributed by atoms with Gasteiger partial charge in [-0.25, -0.2) is 18.0 Å². The highest BCUT2D eigenvalue weighted by atomic mass is 32.2. The summed E-state index contributed by atoms with van der Waals surface area (Å²) in [5, 5.41) is 2.75. The summed E-state index contributed by atoms with van der Waals surface area (Å²) in [6.45, 7) is 3.55. The Labute approximate surface area is 235 Å². The quantitative estimate of drug-likeness (QED) is 0.113. The third-order valence-electron chi connectivity index (χ3n) is 7.21. The van der Waals surface area contributed by atoms with Crippen LogP contribution in [0, 0.1) is 13.8 Å². The number of hydrogen-bond acceptors (Lipinski definition) is 6. The van der Waals surface area contributed by atoms with E-state index in [9.17, 15) is 18.0 Å². The van der Waals surface area contributed by atoms with Gasteiger partial charge in [-0.2, -0.15) is 4.72 Å². The Hall–Kier alpha value is -4.73. The number of sulfonamides is 1. The second-order valence-corrected chi connectivity index (χ2v) is 11.7. The summed E-state index contributed by atoms with van der Waals surface area (Å²) in [7, 11) is -4.07. The van der Waals surface area contributed by atoms with Crippen LogP contribution in [0.2, 0.25) is 0 Å². The maximum absolute atomic E-state index is 13.7. The van der Waals surface area contributed by atoms with Gasteiger partial charge < -0.3 is 14.1 Å². The minimum Gasteiger partial charge on any atom is -0.425 e. The van der Waals surface area contributed by atoms with E-state index in [1.807, 2.05) is 43.3 Å². The number of nitrogens with one attached hydrogen (secondary N) is 2. The van der Waals surface area contributed by atoms with Crippen LogP contribution in [-0.2, 0) is 21.2 Å². The second kappa shape index (κ2) is 10.3. The van der Waals surface area contributed by atoms with Gasteiger partial charge in [0.2, 0.25) is 10.0 Å². The predicted molar refractivity (Wildman–Crippen MR) is 158 cm³/mol. The fourth-order valence-electron chi connectivity index (χ4n) is 5.02. The van der Waals surface area contributed by atoms with Crippen molar-refractivity contribution in [3.05, 3.63) is 118 Å². The van der Waals surface area contributed by atoms with Gasteiger partial charge in [0.05, 0.1) is 10.3 Å². The predicted octanol–water partition coefficient (Wildman–Crippen LogP) is 5.54. The first-order chi connectivity index (χ1) is 19.7. The van der Waals surface area contributed by atoms with Gasteiger partial charge in [-0.15, -0.1) is 0 Å². The number of benzene rings is 4. The largest absolute Gasteiger partial charge is 0.425 e. The Bertz CT molecular complexity index is 2110. The van der Waals surface area contributed by atoms with Crippen LogP contribution in [0.15, 0.2) is 105 Å². The molecular formula is C32H26N2O6S. The molecule has 9 heteroatoms. The number of aromatic nitrogens is 1. The third-order valence-corrected chi connectivity index (χ3v) is 8.70. The molecule has 1 atom stereocenters. The van der Waals surface area contributed by atoms with Crippen molar-refractivity contribution in [2.45, 2.75) is 31.2 Å². The second-order valence-electron chi connectivity index (χ2n) is 9.97. The fraction of sp³-hybridized carbons (Fsp3) is 0.125. The first kappa shape index (κ1) is 26.5. The molecule has 0 spiro atoms. The van der Waals surface area contributed by atoms with Crippen molar-refractivity contribution in [2.24, 2.45) is 0 Å². The van der Waals surface area contributed by atoms with Crippen LogP contribution in [0.25, 0.3) is 32.6 Å². The van der Waals surface area contributed by atoms with Gasteiger partial charge >= 0.3 is 11.6 Å². The number of rotatable bonds is 7. The molecular weight excluding hydrogens is 540 g/mol. The van der Waals surface area contributed by atoms with E-state index < -0.39 is 27.7 Å². The van der Waals surface area contributed by atoms with Crippen molar-refractivity contribution in [1.29, 1.82) is 0 Å². The molecule has 0 bridgehead atoms. The first-order valence-corrected chi connectivity index (χ1v) is 14.5. The fourth-order valence-corrected chi connectivity index (χ4v) is 6.20. The van der Waals surface area contributed by atoms with Crippen LogP contribution in [0.1, 0.15) is 16.7 Å². The van der Waals surface area contributed by atoms with E-state index in [0.717, 1.165) is 27.4 Å². The molecule has 0 saturated heterocycles. The Kier molecular flexibility index (Phi) is 6.69. The molecule has 0 radical (unpaired) electrons. The van der Waals surface area contributed by atoms with Crippen LogP contribution in [0.4, 0.5) is 0 Å². The molecule has 2 heterocycles. The van der Waals surface area contributed by atoms with Crippen LogP contribution in [0.3, 0.4) is 0 Å². The molecule has 206 valence electrons. The zero-order valence-electron chi connectivity index (χ0n) is 22.3. The van der Waals surface area contributed by atoms with E-state index in [2.05, 4.69) is 9.71 Å². The van der Waals surface area contributed by atoms with Gasteiger partial charge in [-0.1, -0.05) is 54.1 Å². The Morgan fingerprint density at radius 2 is 1.56 bits per heavy atom. The average Bonchev–Trinajstić information content (AvgIpc) is 3.37. The topological polar surface area (TPSA) is 118 Å². The summed E-state index contributed by atoms with van der Waals surface area (Å²) in [5.41, 5.74) is 2.77. The standard InChI is InChI=1S/C32H26N2O6S/c1-19-11-13-22(14-12-19)41(37,38)34-28(17-21-18-33-27-10-6-5-7-23(21)27)32(36)39-29-16-15-25-24-8-3-4-9-26(24)31(35)40-30(25)20(29)2/h3-16,18,28,33-34H,17H2,1-2H3. The first-order valence-electron chi connectivity index (χ1n) is 13.0. The highest BCUT2D eigenvalue weighted by Gasteiger charge is 2.29. The average molecular weight is 567 g/mol. The minimum atomic E-state index is -4.07. The Balaban J connectivity index is 1.37. The third kappa shape index (κ3) is 5.01. The number of esters is 1. The number of aryl methyl sites for hydroxylation is 2. The van der Waals surface area contributed by atoms with E-state index in [0.29, 0.717) is 21.9 Å². The number of fused-ring (bicyclic) bond motifs is 4. The van der Waals surface area contributed by atoms with Crippen LogP contribution >= 0.6 is 0 Å². The lowest BCUT2D eigenvalue weighted by Crippen LogP contribution is -2.44. The molecule has 0 fully saturated rings. The number of hydrogen-bond donors (Lipinski definition) is 2. The monoisotopic (exact) mass is 566 g/mol. The molecule has 1 unspecified atom stereocenters. The smallest absolute Gasteiger partial charge is 0.344 e. The van der Waals surface area contributed by atoms with Crippen molar-refractivity contribution < 1.29 is 22.4 Å². The molecule has 0 aliphatic carbocycles. The molecule has 6 rings (SSSR count). The molecule has 2 N–H and O–H groups in total. The highest BCUT2D eigenvalue weighted by molar-refractivity contribution is 7.89. The summed E-state index contributed by atoms with van der Waals surface area (Å²) < 4.78 is 40.6. The van der Waals surface area contributed by atoms with Gasteiger partial charge in [0.25, 0.3) is 0 Å². The van der Waals surface area contributed by atoms with Crippen molar-refractivity contribution in [3.63, 3.8) is 0 Å². The van der Waals surface area contributed by atoms with Crippen molar-refractivity contribution in [3.8, 4) is 5.75 Å². The number of carbonyl (C=O) groups is 1. The maximum Gasteiger partial charge on any atom is 0.344 e. The molecule has 0 aliphatic heterocycles. The van der Waals surface area contributed by atoms with E-state index in [1.165, 1.54) is 12.1 Å². The molecule has 41 heavy (non-hydrogen) atoms. The zero-order valence-corrected chi connectivity index (χ0v) is 23.1. The highest BCUT2D eigenvalue weighted by Crippen LogP contribution is 2.31. The summed E-state index contributed by atoms with van der Waals surface area (Å²) in [4.78, 5) is 29.5. The molecule has 4 aromatic carbocycles. The van der Waals surface area contributed by atoms with E-state index in [-0.39, 0.29) is 17.1 Å². The lowest BCUT2D eigenvalue weighted by atomic mass is 10.0. The number of para-hydroxylation sites is 1. The van der Waals surface area contributed by atoms with Gasteiger partial charge in [0.15, 0.2) is 0 Å². The lowest BCUT2D eigenvalue weighted by molar-refractivity contribution is -0.136. The normalized spacial score (nSPS) is 12.6. The van der Waals surface area contributed by atoms with Gasteiger partial charge in [0, 0.05) is 34.5 Å². The van der Waals surface area contributed by atoms with Crippen LogP contribution in [-0.4, -0.2) is 25.4 Å². The Morgan fingerprint density at radius 1 is 0.878 bits per heavy atom. The molecule has 0 amide bonds. The molecule has 0 aliphatic rings. The number of carbonyl (C=O) groups excluding carboxylic acids is 1. The van der Waals surface area contributed by atoms with E-state index in [4.69, 9.17) is 9.15 Å². The minimum absolute atomic E-state index is 0.0374. The van der Waals surface area contributed by atoms with Crippen molar-refractivity contribution >= 4 is 48.6 Å². The summed E-state index contributed by atoms with van der Waals surface area (Å²) in [5.74, 6) is -0.629. The molecule has 0 saturated carbocycles. The molecule has 8 nitrogen and oxygen atoms in total. The number of H-pyrrole nitrogens is 1. The molecule has 2 aromatic heterocycles. The summed E-state index contributed by atoms with van der Waals surface area (Å²) >= 11 is 0. The van der Waals surface area contributed by atoms with Gasteiger partial charge in [-0.05, 0) is 61.2 Å². The zero-order chi connectivity index (χ0) is 28.7. The number of aromatic amines is 1. The maximum atomic E-state index is 13.7. The SMILES string of the molecule is Cc1ccc(S(=O)(=O)NC(Cc2c[nH]c3ccccc23)C(=O)Oc2ccc3c(oc(=O)c4ccccc43)c2C)cc1. The summed E-state index contributed by atoms with van der Waals surface area (Å²) in [6, 6.07) is 23.1. The van der Waals surface area contributed by atoms with E-state index in [1.54, 1.807) is 49.5 Å². The van der Waals surface area contributed by atoms with E-state index >= 15 is 0 Å².